The average Bonchev–Trinajstić information content (AvgIpc) is 3.03. The van der Waals surface area contributed by atoms with Crippen molar-refractivity contribution in [3.05, 3.63) is 23.8 Å². The van der Waals surface area contributed by atoms with Gasteiger partial charge in [-0.25, -0.2) is 14.9 Å². The SMILES string of the molecule is [B]c1ccc2c(c1)C1(CC3(CCC(C(C)(C)C)C3)O2)N=C(N)N(C)O1. The highest BCUT2D eigenvalue weighted by Gasteiger charge is 2.57. The number of benzene rings is 1. The molecule has 2 N–H and O–H groups in total. The van der Waals surface area contributed by atoms with Crippen LogP contribution in [0.25, 0.3) is 0 Å². The van der Waals surface area contributed by atoms with Crippen LogP contribution in [0, 0.1) is 11.3 Å². The number of guanidine groups is 1. The van der Waals surface area contributed by atoms with Gasteiger partial charge in [-0.15, -0.1) is 0 Å². The van der Waals surface area contributed by atoms with Crippen LogP contribution in [-0.4, -0.2) is 31.5 Å². The number of ether oxygens (including phenoxy) is 1. The maximum absolute atomic E-state index is 6.55. The molecule has 1 aromatic carbocycles. The second kappa shape index (κ2) is 5.16. The number of fused-ring (bicyclic) bond motifs is 2. The molecule has 0 bridgehead atoms. The first-order valence-electron chi connectivity index (χ1n) is 9.00. The van der Waals surface area contributed by atoms with Gasteiger partial charge in [-0.05, 0) is 36.7 Å². The molecule has 132 valence electrons. The van der Waals surface area contributed by atoms with Crippen molar-refractivity contribution < 1.29 is 9.57 Å². The molecule has 1 aliphatic carbocycles. The maximum atomic E-state index is 6.55. The lowest BCUT2D eigenvalue weighted by molar-refractivity contribution is -0.204. The Balaban J connectivity index is 1.78. The van der Waals surface area contributed by atoms with E-state index in [1.54, 1.807) is 12.1 Å². The number of hydrogen-bond acceptors (Lipinski definition) is 5. The molecule has 2 spiro atoms. The molecule has 2 heterocycles. The average molecular weight is 339 g/mol. The number of rotatable bonds is 0. The number of nitrogens with two attached hydrogens (primary N) is 1. The van der Waals surface area contributed by atoms with Crippen LogP contribution in [-0.2, 0) is 10.6 Å². The summed E-state index contributed by atoms with van der Waals surface area (Å²) >= 11 is 0. The summed E-state index contributed by atoms with van der Waals surface area (Å²) in [6, 6.07) is 5.70. The molecule has 1 saturated carbocycles. The first-order chi connectivity index (χ1) is 11.6. The molecule has 3 atom stereocenters. The lowest BCUT2D eigenvalue weighted by Gasteiger charge is -2.44. The molecule has 1 fully saturated rings. The van der Waals surface area contributed by atoms with Gasteiger partial charge in [0.1, 0.15) is 19.2 Å². The van der Waals surface area contributed by atoms with Crippen LogP contribution in [0.3, 0.4) is 0 Å². The highest BCUT2D eigenvalue weighted by molar-refractivity contribution is 6.32. The normalized spacial score (nSPS) is 34.3. The third kappa shape index (κ3) is 2.62. The fourth-order valence-electron chi connectivity index (χ4n) is 4.56. The smallest absolute Gasteiger partial charge is 0.221 e. The van der Waals surface area contributed by atoms with Gasteiger partial charge in [0.15, 0.2) is 0 Å². The van der Waals surface area contributed by atoms with Gasteiger partial charge < -0.3 is 10.5 Å². The number of aliphatic imine (C=N–C) groups is 1. The summed E-state index contributed by atoms with van der Waals surface area (Å²) < 4.78 is 6.55. The highest BCUT2D eigenvalue weighted by Crippen LogP contribution is 2.56. The zero-order valence-electron chi connectivity index (χ0n) is 15.5. The second-order valence-electron chi connectivity index (χ2n) is 8.87. The molecule has 2 radical (unpaired) electrons. The van der Waals surface area contributed by atoms with Crippen molar-refractivity contribution in [3.63, 3.8) is 0 Å². The largest absolute Gasteiger partial charge is 0.487 e. The Bertz CT molecular complexity index is 745. The van der Waals surface area contributed by atoms with Crippen molar-refractivity contribution in [1.29, 1.82) is 0 Å². The van der Waals surface area contributed by atoms with Crippen molar-refractivity contribution in [2.75, 3.05) is 7.05 Å². The molecule has 2 aliphatic heterocycles. The Kier molecular flexibility index (Phi) is 3.46. The molecule has 3 aliphatic rings. The summed E-state index contributed by atoms with van der Waals surface area (Å²) in [5, 5.41) is 1.54. The van der Waals surface area contributed by atoms with Gasteiger partial charge in [-0.2, -0.15) is 0 Å². The van der Waals surface area contributed by atoms with E-state index in [0.717, 1.165) is 30.6 Å². The van der Waals surface area contributed by atoms with E-state index in [0.29, 0.717) is 23.8 Å². The maximum Gasteiger partial charge on any atom is 0.221 e. The zero-order chi connectivity index (χ0) is 18.0. The fraction of sp³-hybridized carbons (Fsp3) is 0.632. The van der Waals surface area contributed by atoms with Gasteiger partial charge in [0, 0.05) is 13.5 Å². The van der Waals surface area contributed by atoms with Crippen LogP contribution in [0.1, 0.15) is 52.0 Å². The summed E-state index contributed by atoms with van der Waals surface area (Å²) in [6.45, 7) is 6.92. The van der Waals surface area contributed by atoms with Gasteiger partial charge in [-0.3, -0.25) is 0 Å². The van der Waals surface area contributed by atoms with E-state index in [9.17, 15) is 0 Å². The molecular weight excluding hydrogens is 313 g/mol. The summed E-state index contributed by atoms with van der Waals surface area (Å²) in [5.41, 5.74) is 6.73. The molecule has 5 nitrogen and oxygen atoms in total. The van der Waals surface area contributed by atoms with Gasteiger partial charge >= 0.3 is 0 Å². The number of hydrogen-bond donors (Lipinski definition) is 1. The summed E-state index contributed by atoms with van der Waals surface area (Å²) in [7, 11) is 7.81. The Morgan fingerprint density at radius 3 is 2.72 bits per heavy atom. The van der Waals surface area contributed by atoms with Gasteiger partial charge in [0.2, 0.25) is 11.7 Å². The van der Waals surface area contributed by atoms with Crippen molar-refractivity contribution in [1.82, 2.24) is 5.06 Å². The Labute approximate surface area is 150 Å². The van der Waals surface area contributed by atoms with Crippen LogP contribution < -0.4 is 15.9 Å². The zero-order valence-corrected chi connectivity index (χ0v) is 15.5. The molecule has 6 heteroatoms. The predicted molar refractivity (Wildman–Crippen MR) is 98.8 cm³/mol. The van der Waals surface area contributed by atoms with E-state index < -0.39 is 5.72 Å². The van der Waals surface area contributed by atoms with E-state index >= 15 is 0 Å². The molecule has 1 aromatic rings. The molecule has 25 heavy (non-hydrogen) atoms. The van der Waals surface area contributed by atoms with Crippen LogP contribution in [0.2, 0.25) is 0 Å². The van der Waals surface area contributed by atoms with Crippen LogP contribution >= 0.6 is 0 Å². The topological polar surface area (TPSA) is 60.1 Å². The third-order valence-corrected chi connectivity index (χ3v) is 6.01. The predicted octanol–water partition coefficient (Wildman–Crippen LogP) is 2.19. The van der Waals surface area contributed by atoms with E-state index in [4.69, 9.17) is 28.1 Å². The van der Waals surface area contributed by atoms with Gasteiger partial charge in [0.05, 0.1) is 5.56 Å². The number of nitrogens with zero attached hydrogens (tertiary/aromatic N) is 2. The van der Waals surface area contributed by atoms with Crippen molar-refractivity contribution in [3.8, 4) is 5.75 Å². The monoisotopic (exact) mass is 339 g/mol. The van der Waals surface area contributed by atoms with Crippen molar-refractivity contribution in [2.24, 2.45) is 22.1 Å². The summed E-state index contributed by atoms with van der Waals surface area (Å²) in [5.74, 6) is 1.80. The standard InChI is InChI=1S/C19H26BN3O2/c1-17(2,3)12-7-8-18(10-12)11-19(22-16(21)23(4)25-19)14-9-13(20)5-6-15(14)24-18/h5-6,9,12H,7-8,10-11H2,1-4H3,(H2,21,22). The first kappa shape index (κ1) is 16.8. The van der Waals surface area contributed by atoms with Crippen LogP contribution in [0.4, 0.5) is 0 Å². The van der Waals surface area contributed by atoms with E-state index in [2.05, 4.69) is 20.8 Å². The molecule has 4 rings (SSSR count). The fourth-order valence-corrected chi connectivity index (χ4v) is 4.56. The van der Waals surface area contributed by atoms with Crippen LogP contribution in [0.5, 0.6) is 5.75 Å². The Morgan fingerprint density at radius 1 is 1.36 bits per heavy atom. The Hall–Kier alpha value is -1.69. The quantitative estimate of drug-likeness (QED) is 0.736. The lowest BCUT2D eigenvalue weighted by Crippen LogP contribution is -2.47. The summed E-state index contributed by atoms with van der Waals surface area (Å²) in [4.78, 5) is 10.9. The minimum absolute atomic E-state index is 0.261. The van der Waals surface area contributed by atoms with E-state index in [1.807, 2.05) is 18.2 Å². The number of hydroxylamine groups is 2. The summed E-state index contributed by atoms with van der Waals surface area (Å²) in [6.07, 6.45) is 3.82. The Morgan fingerprint density at radius 2 is 2.12 bits per heavy atom. The van der Waals surface area contributed by atoms with Gasteiger partial charge in [-0.1, -0.05) is 38.4 Å². The highest BCUT2D eigenvalue weighted by atomic mass is 16.7. The first-order valence-corrected chi connectivity index (χ1v) is 9.00. The van der Waals surface area contributed by atoms with Gasteiger partial charge in [0.25, 0.3) is 0 Å². The molecule has 3 unspecified atom stereocenters. The second-order valence-corrected chi connectivity index (χ2v) is 8.87. The molecule has 0 saturated heterocycles. The minimum atomic E-state index is -0.839. The minimum Gasteiger partial charge on any atom is -0.487 e. The van der Waals surface area contributed by atoms with Crippen molar-refractivity contribution >= 4 is 19.3 Å². The molecule has 0 aromatic heterocycles. The lowest BCUT2D eigenvalue weighted by atomic mass is 9.76. The molecular formula is C19H26BN3O2. The van der Waals surface area contributed by atoms with Crippen molar-refractivity contribution in [2.45, 2.75) is 57.8 Å². The van der Waals surface area contributed by atoms with E-state index in [1.165, 1.54) is 0 Å². The van der Waals surface area contributed by atoms with Crippen LogP contribution in [0.15, 0.2) is 23.2 Å². The molecule has 0 amide bonds. The third-order valence-electron chi connectivity index (χ3n) is 6.01. The van der Waals surface area contributed by atoms with E-state index in [-0.39, 0.29) is 11.0 Å².